The Kier molecular flexibility index (Phi) is 4.80. The van der Waals surface area contributed by atoms with Crippen LogP contribution in [0.4, 0.5) is 5.13 Å². The third-order valence-electron chi connectivity index (χ3n) is 3.30. The molecule has 2 aromatic carbocycles. The Hall–Kier alpha value is -3.13. The van der Waals surface area contributed by atoms with Crippen LogP contribution in [-0.4, -0.2) is 35.7 Å². The zero-order valence-corrected chi connectivity index (χ0v) is 14.0. The highest BCUT2D eigenvalue weighted by atomic mass is 32.1. The number of carbonyl (C=O) groups is 2. The van der Waals surface area contributed by atoms with E-state index in [-0.39, 0.29) is 11.3 Å². The number of thiazole rings is 1. The predicted octanol–water partition coefficient (Wildman–Crippen LogP) is 2.81. The van der Waals surface area contributed by atoms with Crippen LogP contribution in [0.1, 0.15) is 10.4 Å². The van der Waals surface area contributed by atoms with Crippen molar-refractivity contribution in [1.82, 2.24) is 4.98 Å². The van der Waals surface area contributed by atoms with Gasteiger partial charge in [-0.2, -0.15) is 0 Å². The number of benzene rings is 2. The number of esters is 1. The van der Waals surface area contributed by atoms with Gasteiger partial charge < -0.3 is 14.6 Å². The highest BCUT2D eigenvalue weighted by Crippen LogP contribution is 2.29. The van der Waals surface area contributed by atoms with Gasteiger partial charge in [0.25, 0.3) is 5.91 Å². The first-order chi connectivity index (χ1) is 12.1. The highest BCUT2D eigenvalue weighted by Gasteiger charge is 2.15. The molecule has 3 aromatic rings. The fourth-order valence-corrected chi connectivity index (χ4v) is 3.01. The van der Waals surface area contributed by atoms with Crippen molar-refractivity contribution in [3.8, 4) is 11.5 Å². The first kappa shape index (κ1) is 16.7. The topological polar surface area (TPSA) is 97.8 Å². The molecule has 0 saturated carbocycles. The van der Waals surface area contributed by atoms with E-state index in [9.17, 15) is 14.7 Å². The van der Waals surface area contributed by atoms with Crippen molar-refractivity contribution < 1.29 is 24.2 Å². The lowest BCUT2D eigenvalue weighted by atomic mass is 10.2. The van der Waals surface area contributed by atoms with E-state index in [1.54, 1.807) is 31.4 Å². The number of anilines is 1. The Morgan fingerprint density at radius 1 is 1.24 bits per heavy atom. The van der Waals surface area contributed by atoms with E-state index in [4.69, 9.17) is 9.47 Å². The van der Waals surface area contributed by atoms with E-state index in [1.165, 1.54) is 23.5 Å². The van der Waals surface area contributed by atoms with E-state index in [0.29, 0.717) is 10.9 Å². The minimum absolute atomic E-state index is 0.00221. The van der Waals surface area contributed by atoms with Gasteiger partial charge in [-0.05, 0) is 30.3 Å². The van der Waals surface area contributed by atoms with Gasteiger partial charge in [0.05, 0.1) is 17.3 Å². The molecule has 0 bridgehead atoms. The Bertz CT molecular complexity index is 938. The standard InChI is InChI=1S/C17H14N2O5S/c1-23-10-6-7-12-14(8-10)25-17(18-12)19-15(21)9-24-16(22)11-4-2-3-5-13(11)20/h2-8,20H,9H2,1H3,(H,18,19,21). The number of aromatic hydroxyl groups is 1. The molecule has 7 nitrogen and oxygen atoms in total. The number of phenolic OH excluding ortho intramolecular Hbond substituents is 1. The summed E-state index contributed by atoms with van der Waals surface area (Å²) in [5.41, 5.74) is 0.731. The number of ether oxygens (including phenoxy) is 2. The fraction of sp³-hybridized carbons (Fsp3) is 0.118. The molecule has 0 aliphatic carbocycles. The third kappa shape index (κ3) is 3.86. The number of fused-ring (bicyclic) bond motifs is 1. The number of carbonyl (C=O) groups excluding carboxylic acids is 2. The van der Waals surface area contributed by atoms with Gasteiger partial charge in [0.15, 0.2) is 11.7 Å². The lowest BCUT2D eigenvalue weighted by Crippen LogP contribution is -2.20. The minimum Gasteiger partial charge on any atom is -0.507 e. The average Bonchev–Trinajstić information content (AvgIpc) is 3.01. The van der Waals surface area contributed by atoms with Crippen LogP contribution in [0.15, 0.2) is 42.5 Å². The van der Waals surface area contributed by atoms with Gasteiger partial charge >= 0.3 is 5.97 Å². The minimum atomic E-state index is -0.776. The normalized spacial score (nSPS) is 10.4. The van der Waals surface area contributed by atoms with Gasteiger partial charge in [-0.15, -0.1) is 0 Å². The average molecular weight is 358 g/mol. The van der Waals surface area contributed by atoms with Crippen LogP contribution in [0.2, 0.25) is 0 Å². The first-order valence-corrected chi connectivity index (χ1v) is 8.08. The number of nitrogens with one attached hydrogen (secondary N) is 1. The van der Waals surface area contributed by atoms with Crippen molar-refractivity contribution in [2.45, 2.75) is 0 Å². The Morgan fingerprint density at radius 3 is 2.80 bits per heavy atom. The van der Waals surface area contributed by atoms with Crippen molar-refractivity contribution in [1.29, 1.82) is 0 Å². The fourth-order valence-electron chi connectivity index (χ4n) is 2.10. The Labute approximate surface area is 146 Å². The number of methoxy groups -OCH3 is 1. The number of hydrogen-bond donors (Lipinski definition) is 2. The van der Waals surface area contributed by atoms with E-state index >= 15 is 0 Å². The lowest BCUT2D eigenvalue weighted by molar-refractivity contribution is -0.119. The van der Waals surface area contributed by atoms with Crippen molar-refractivity contribution in [3.05, 3.63) is 48.0 Å². The summed E-state index contributed by atoms with van der Waals surface area (Å²) in [4.78, 5) is 28.0. The second kappa shape index (κ2) is 7.18. The van der Waals surface area contributed by atoms with Crippen LogP contribution in [0, 0.1) is 0 Å². The maximum Gasteiger partial charge on any atom is 0.342 e. The maximum absolute atomic E-state index is 11.9. The lowest BCUT2D eigenvalue weighted by Gasteiger charge is -2.05. The number of aromatic nitrogens is 1. The molecule has 1 aromatic heterocycles. The summed E-state index contributed by atoms with van der Waals surface area (Å²) >= 11 is 1.28. The van der Waals surface area contributed by atoms with Crippen LogP contribution in [0.5, 0.6) is 11.5 Å². The maximum atomic E-state index is 11.9. The molecule has 0 saturated heterocycles. The molecule has 3 rings (SSSR count). The van der Waals surface area contributed by atoms with Crippen LogP contribution in [-0.2, 0) is 9.53 Å². The van der Waals surface area contributed by atoms with Crippen molar-refractivity contribution >= 4 is 38.6 Å². The summed E-state index contributed by atoms with van der Waals surface area (Å²) in [6, 6.07) is 11.3. The van der Waals surface area contributed by atoms with E-state index < -0.39 is 18.5 Å². The number of hydrogen-bond acceptors (Lipinski definition) is 7. The van der Waals surface area contributed by atoms with Crippen LogP contribution >= 0.6 is 11.3 Å². The first-order valence-electron chi connectivity index (χ1n) is 7.26. The zero-order chi connectivity index (χ0) is 17.8. The van der Waals surface area contributed by atoms with Gasteiger partial charge in [-0.1, -0.05) is 23.5 Å². The molecular weight excluding hydrogens is 344 g/mol. The molecule has 1 amide bonds. The predicted molar refractivity (Wildman–Crippen MR) is 93.2 cm³/mol. The van der Waals surface area contributed by atoms with E-state index in [0.717, 1.165) is 10.2 Å². The molecule has 0 spiro atoms. The van der Waals surface area contributed by atoms with Crippen LogP contribution in [0.25, 0.3) is 10.2 Å². The van der Waals surface area contributed by atoms with Gasteiger partial charge in [0, 0.05) is 0 Å². The quantitative estimate of drug-likeness (QED) is 0.681. The SMILES string of the molecule is COc1ccc2nc(NC(=O)COC(=O)c3ccccc3O)sc2c1. The largest absolute Gasteiger partial charge is 0.507 e. The molecule has 0 unspecified atom stereocenters. The Morgan fingerprint density at radius 2 is 2.04 bits per heavy atom. The summed E-state index contributed by atoms with van der Waals surface area (Å²) in [6.45, 7) is -0.480. The second-order valence-electron chi connectivity index (χ2n) is 4.99. The van der Waals surface area contributed by atoms with Gasteiger partial charge in [-0.3, -0.25) is 10.1 Å². The van der Waals surface area contributed by atoms with Crippen LogP contribution < -0.4 is 10.1 Å². The molecule has 0 fully saturated rings. The Balaban J connectivity index is 1.61. The number of rotatable bonds is 5. The highest BCUT2D eigenvalue weighted by molar-refractivity contribution is 7.22. The number of nitrogens with zero attached hydrogens (tertiary/aromatic N) is 1. The molecule has 2 N–H and O–H groups in total. The summed E-state index contributed by atoms with van der Waals surface area (Å²) in [5, 5.41) is 12.6. The molecule has 25 heavy (non-hydrogen) atoms. The monoisotopic (exact) mass is 358 g/mol. The zero-order valence-electron chi connectivity index (χ0n) is 13.2. The summed E-state index contributed by atoms with van der Waals surface area (Å²) in [5.74, 6) is -0.796. The molecule has 128 valence electrons. The van der Waals surface area contributed by atoms with Gasteiger partial charge in [0.1, 0.15) is 17.1 Å². The second-order valence-corrected chi connectivity index (χ2v) is 6.02. The molecule has 0 radical (unpaired) electrons. The molecular formula is C17H14N2O5S. The number of amides is 1. The molecule has 0 aliphatic rings. The molecule has 0 aliphatic heterocycles. The summed E-state index contributed by atoms with van der Waals surface area (Å²) in [6.07, 6.45) is 0. The van der Waals surface area contributed by atoms with Crippen molar-refractivity contribution in [2.75, 3.05) is 19.0 Å². The van der Waals surface area contributed by atoms with Crippen molar-refractivity contribution in [2.24, 2.45) is 0 Å². The van der Waals surface area contributed by atoms with Crippen LogP contribution in [0.3, 0.4) is 0 Å². The summed E-state index contributed by atoms with van der Waals surface area (Å²) in [7, 11) is 1.57. The van der Waals surface area contributed by atoms with Gasteiger partial charge in [-0.25, -0.2) is 9.78 Å². The number of para-hydroxylation sites is 1. The van der Waals surface area contributed by atoms with E-state index in [1.807, 2.05) is 6.07 Å². The van der Waals surface area contributed by atoms with Crippen molar-refractivity contribution in [3.63, 3.8) is 0 Å². The summed E-state index contributed by atoms with van der Waals surface area (Å²) < 4.78 is 10.9. The molecule has 0 atom stereocenters. The smallest absolute Gasteiger partial charge is 0.342 e. The number of phenols is 1. The molecule has 1 heterocycles. The van der Waals surface area contributed by atoms with E-state index in [2.05, 4.69) is 10.3 Å². The third-order valence-corrected chi connectivity index (χ3v) is 4.23. The molecule has 8 heteroatoms. The van der Waals surface area contributed by atoms with Gasteiger partial charge in [0.2, 0.25) is 0 Å².